The van der Waals surface area contributed by atoms with E-state index >= 15 is 0 Å². The van der Waals surface area contributed by atoms with Crippen LogP contribution in [0.1, 0.15) is 102 Å². The second kappa shape index (κ2) is 13.1. The first kappa shape index (κ1) is 34.7. The van der Waals surface area contributed by atoms with E-state index in [-0.39, 0.29) is 17.5 Å². The van der Waals surface area contributed by atoms with Crippen molar-refractivity contribution < 1.29 is 0 Å². The van der Waals surface area contributed by atoms with Crippen LogP contribution in [0.5, 0.6) is 0 Å². The highest BCUT2D eigenvalue weighted by Gasteiger charge is 2.44. The van der Waals surface area contributed by atoms with Crippen LogP contribution in [0.4, 0.5) is 34.1 Å². The van der Waals surface area contributed by atoms with Gasteiger partial charge in [0.1, 0.15) is 0 Å². The predicted octanol–water partition coefficient (Wildman–Crippen LogP) is 12.4. The maximum atomic E-state index is 2.61. The predicted molar refractivity (Wildman–Crippen MR) is 234 cm³/mol. The van der Waals surface area contributed by atoms with Gasteiger partial charge in [-0.15, -0.1) is 0 Å². The largest absolute Gasteiger partial charge is 0.311 e. The number of hydrogen-bond donors (Lipinski definition) is 0. The van der Waals surface area contributed by atoms with Gasteiger partial charge in [0.15, 0.2) is 0 Å². The van der Waals surface area contributed by atoms with Gasteiger partial charge in [0.2, 0.25) is 0 Å². The molecule has 270 valence electrons. The summed E-state index contributed by atoms with van der Waals surface area (Å²) < 4.78 is 0. The lowest BCUT2D eigenvalue weighted by Crippen LogP contribution is -2.61. The molecule has 2 heterocycles. The molecule has 0 amide bonds. The zero-order chi connectivity index (χ0) is 37.4. The fourth-order valence-corrected chi connectivity index (χ4v) is 9.44. The minimum Gasteiger partial charge on any atom is -0.311 e. The Balaban J connectivity index is 1.39. The number of hydrogen-bond acceptors (Lipinski definition) is 2. The average Bonchev–Trinajstić information content (AvgIpc) is 3.17. The van der Waals surface area contributed by atoms with Crippen LogP contribution in [-0.4, -0.2) is 6.71 Å². The Morgan fingerprint density at radius 3 is 1.78 bits per heavy atom. The van der Waals surface area contributed by atoms with E-state index < -0.39 is 0 Å². The first-order valence-electron chi connectivity index (χ1n) is 20.3. The zero-order valence-electron chi connectivity index (χ0n) is 33.2. The molecule has 9 rings (SSSR count). The number of rotatable bonds is 4. The number of anilines is 6. The Bertz CT molecular complexity index is 2350. The summed E-state index contributed by atoms with van der Waals surface area (Å²) in [6, 6.07) is 49.1. The van der Waals surface area contributed by atoms with Crippen LogP contribution in [-0.2, 0) is 10.8 Å². The van der Waals surface area contributed by atoms with Gasteiger partial charge in [0.25, 0.3) is 6.71 Å². The second-order valence-corrected chi connectivity index (χ2v) is 18.2. The Labute approximate surface area is 324 Å². The smallest absolute Gasteiger partial charge is 0.252 e. The topological polar surface area (TPSA) is 6.48 Å². The summed E-state index contributed by atoms with van der Waals surface area (Å²) in [5.41, 5.74) is 20.0. The first-order valence-corrected chi connectivity index (χ1v) is 20.3. The summed E-state index contributed by atoms with van der Waals surface area (Å²) in [7, 11) is 0. The fourth-order valence-electron chi connectivity index (χ4n) is 9.44. The normalized spacial score (nSPS) is 15.5. The number of fused-ring (bicyclic) bond motifs is 4. The van der Waals surface area contributed by atoms with Crippen molar-refractivity contribution in [1.82, 2.24) is 0 Å². The van der Waals surface area contributed by atoms with E-state index in [9.17, 15) is 0 Å². The molecule has 0 N–H and O–H groups in total. The molecule has 1 fully saturated rings. The van der Waals surface area contributed by atoms with Crippen LogP contribution >= 0.6 is 0 Å². The molecule has 6 aromatic carbocycles. The van der Waals surface area contributed by atoms with Gasteiger partial charge in [0.05, 0.1) is 0 Å². The molecule has 0 bridgehead atoms. The SMILES string of the molecule is Cc1ccccc1N1c2ccc(-c3ccccc3)cc2B2c3cc(C(C)(C)C)ccc3N(c3ccc(C(C)(C)C)cc3)c3cc(C4CCCCC4)cc1c32. The highest BCUT2D eigenvalue weighted by molar-refractivity contribution is 7.00. The highest BCUT2D eigenvalue weighted by Crippen LogP contribution is 2.48. The lowest BCUT2D eigenvalue weighted by molar-refractivity contribution is 0.444. The summed E-state index contributed by atoms with van der Waals surface area (Å²) in [6.07, 6.45) is 6.48. The molecule has 0 saturated heterocycles. The first-order chi connectivity index (χ1) is 26.0. The van der Waals surface area contributed by atoms with Gasteiger partial charge >= 0.3 is 0 Å². The van der Waals surface area contributed by atoms with Crippen molar-refractivity contribution in [3.8, 4) is 11.1 Å². The van der Waals surface area contributed by atoms with Crippen LogP contribution in [0.2, 0.25) is 0 Å². The third-order valence-corrected chi connectivity index (χ3v) is 12.5. The molecular formula is C51H53BN2. The Hall–Kier alpha value is -5.02. The van der Waals surface area contributed by atoms with E-state index in [0.717, 1.165) is 0 Å². The molecule has 3 aliphatic rings. The maximum absolute atomic E-state index is 2.61. The van der Waals surface area contributed by atoms with Gasteiger partial charge in [-0.3, -0.25) is 0 Å². The van der Waals surface area contributed by atoms with E-state index in [4.69, 9.17) is 0 Å². The van der Waals surface area contributed by atoms with Gasteiger partial charge in [-0.1, -0.05) is 146 Å². The number of benzene rings is 6. The van der Waals surface area contributed by atoms with Crippen molar-refractivity contribution >= 4 is 57.2 Å². The maximum Gasteiger partial charge on any atom is 0.252 e. The lowest BCUT2D eigenvalue weighted by Gasteiger charge is -2.45. The molecule has 0 atom stereocenters. The van der Waals surface area contributed by atoms with Gasteiger partial charge in [-0.25, -0.2) is 0 Å². The zero-order valence-corrected chi connectivity index (χ0v) is 33.2. The molecule has 0 unspecified atom stereocenters. The second-order valence-electron chi connectivity index (χ2n) is 18.2. The standard InChI is InChI=1S/C51H53BN2/c1-34-16-14-15-21-44(34)54-46-28-22-37(35-17-10-8-11-18-35)30-42(46)52-43-33-40(51(5,6)7)25-29-45(43)53(41-26-23-39(24-27-41)50(2,3)4)47-31-38(32-48(54)49(47)52)36-19-12-9-13-20-36/h8,10-11,14-18,21-33,36H,9,12-13,19-20H2,1-7H3. The van der Waals surface area contributed by atoms with E-state index in [1.54, 1.807) is 0 Å². The Kier molecular flexibility index (Phi) is 8.41. The van der Waals surface area contributed by atoms with Crippen LogP contribution in [0.3, 0.4) is 0 Å². The van der Waals surface area contributed by atoms with Crippen molar-refractivity contribution in [2.45, 2.75) is 97.3 Å². The van der Waals surface area contributed by atoms with Crippen LogP contribution in [0, 0.1) is 6.92 Å². The summed E-state index contributed by atoms with van der Waals surface area (Å²) in [5.74, 6) is 0.564. The van der Waals surface area contributed by atoms with E-state index in [1.165, 1.54) is 116 Å². The summed E-state index contributed by atoms with van der Waals surface area (Å²) in [4.78, 5) is 5.22. The van der Waals surface area contributed by atoms with E-state index in [1.807, 2.05) is 0 Å². The van der Waals surface area contributed by atoms with Crippen molar-refractivity contribution in [3.05, 3.63) is 150 Å². The Morgan fingerprint density at radius 1 is 0.500 bits per heavy atom. The average molecular weight is 705 g/mol. The summed E-state index contributed by atoms with van der Waals surface area (Å²) >= 11 is 0. The molecule has 1 aliphatic carbocycles. The molecule has 3 heteroatoms. The van der Waals surface area contributed by atoms with Crippen molar-refractivity contribution in [1.29, 1.82) is 0 Å². The van der Waals surface area contributed by atoms with Crippen LogP contribution in [0.25, 0.3) is 11.1 Å². The molecule has 6 aromatic rings. The number of aryl methyl sites for hydroxylation is 1. The minimum atomic E-state index is 0.0126. The van der Waals surface area contributed by atoms with Crippen LogP contribution in [0.15, 0.2) is 127 Å². The van der Waals surface area contributed by atoms with Crippen molar-refractivity contribution in [2.24, 2.45) is 0 Å². The van der Waals surface area contributed by atoms with E-state index in [0.29, 0.717) is 5.92 Å². The molecular weight excluding hydrogens is 651 g/mol. The molecule has 54 heavy (non-hydrogen) atoms. The number of nitrogens with zero attached hydrogens (tertiary/aromatic N) is 2. The minimum absolute atomic E-state index is 0.0126. The summed E-state index contributed by atoms with van der Waals surface area (Å²) in [6.45, 7) is 16.3. The van der Waals surface area contributed by atoms with Gasteiger partial charge in [-0.2, -0.15) is 0 Å². The Morgan fingerprint density at radius 2 is 1.09 bits per heavy atom. The van der Waals surface area contributed by atoms with Crippen molar-refractivity contribution in [3.63, 3.8) is 0 Å². The number of para-hydroxylation sites is 1. The van der Waals surface area contributed by atoms with Crippen molar-refractivity contribution in [2.75, 3.05) is 9.80 Å². The van der Waals surface area contributed by atoms with Gasteiger partial charge < -0.3 is 9.80 Å². The molecule has 0 radical (unpaired) electrons. The monoisotopic (exact) mass is 704 g/mol. The molecule has 2 aliphatic heterocycles. The molecule has 2 nitrogen and oxygen atoms in total. The fraction of sp³-hybridized carbons (Fsp3) is 0.294. The lowest BCUT2D eigenvalue weighted by atomic mass is 9.33. The quantitative estimate of drug-likeness (QED) is 0.168. The third-order valence-electron chi connectivity index (χ3n) is 12.5. The van der Waals surface area contributed by atoms with Gasteiger partial charge in [0, 0.05) is 34.1 Å². The van der Waals surface area contributed by atoms with E-state index in [2.05, 4.69) is 186 Å². The highest BCUT2D eigenvalue weighted by atomic mass is 15.2. The molecule has 0 aromatic heterocycles. The molecule has 1 saturated carbocycles. The third kappa shape index (κ3) is 5.88. The molecule has 0 spiro atoms. The van der Waals surface area contributed by atoms with Crippen LogP contribution < -0.4 is 26.2 Å². The summed E-state index contributed by atoms with van der Waals surface area (Å²) in [5, 5.41) is 0. The van der Waals surface area contributed by atoms with Gasteiger partial charge in [-0.05, 0) is 129 Å².